The summed E-state index contributed by atoms with van der Waals surface area (Å²) in [6.07, 6.45) is 0.912. The summed E-state index contributed by atoms with van der Waals surface area (Å²) in [7, 11) is 0. The summed E-state index contributed by atoms with van der Waals surface area (Å²) in [5.41, 5.74) is 0.328. The minimum atomic E-state index is -0.149. The van der Waals surface area contributed by atoms with E-state index in [1.165, 1.54) is 13.0 Å². The van der Waals surface area contributed by atoms with Gasteiger partial charge in [0.05, 0.1) is 12.2 Å². The lowest BCUT2D eigenvalue weighted by Gasteiger charge is -2.06. The highest BCUT2D eigenvalue weighted by Gasteiger charge is 2.06. The average Bonchev–Trinajstić information content (AvgIpc) is 2.14. The Kier molecular flexibility index (Phi) is 3.51. The van der Waals surface area contributed by atoms with E-state index in [4.69, 9.17) is 4.74 Å². The van der Waals surface area contributed by atoms with Crippen molar-refractivity contribution in [3.8, 4) is 11.5 Å². The van der Waals surface area contributed by atoms with Gasteiger partial charge in [-0.15, -0.1) is 0 Å². The van der Waals surface area contributed by atoms with Crippen LogP contribution in [-0.2, 0) is 0 Å². The maximum absolute atomic E-state index is 11.0. The Balaban J connectivity index is 2.83. The van der Waals surface area contributed by atoms with E-state index in [2.05, 4.69) is 0 Å². The molecule has 0 radical (unpaired) electrons. The molecular formula is C11H14O3. The molecule has 0 amide bonds. The third-order valence-electron chi connectivity index (χ3n) is 1.82. The van der Waals surface area contributed by atoms with Crippen LogP contribution in [-0.4, -0.2) is 17.5 Å². The first-order valence-corrected chi connectivity index (χ1v) is 4.62. The number of phenolic OH excluding ortho intramolecular Hbond substituents is 1. The molecule has 0 atom stereocenters. The van der Waals surface area contributed by atoms with E-state index in [0.717, 1.165) is 6.42 Å². The lowest BCUT2D eigenvalue weighted by atomic mass is 10.1. The number of phenols is 1. The molecule has 1 aromatic carbocycles. The van der Waals surface area contributed by atoms with Gasteiger partial charge in [0.2, 0.25) is 0 Å². The van der Waals surface area contributed by atoms with Crippen LogP contribution < -0.4 is 4.74 Å². The molecule has 3 heteroatoms. The lowest BCUT2D eigenvalue weighted by molar-refractivity contribution is 0.101. The van der Waals surface area contributed by atoms with Gasteiger partial charge in [-0.25, -0.2) is 0 Å². The summed E-state index contributed by atoms with van der Waals surface area (Å²) in [6, 6.07) is 4.72. The Hall–Kier alpha value is -1.51. The molecule has 1 N–H and O–H groups in total. The maximum Gasteiger partial charge on any atom is 0.163 e. The molecule has 14 heavy (non-hydrogen) atoms. The van der Waals surface area contributed by atoms with Gasteiger partial charge in [-0.2, -0.15) is 0 Å². The molecule has 1 rings (SSSR count). The van der Waals surface area contributed by atoms with Crippen molar-refractivity contribution in [2.45, 2.75) is 20.3 Å². The zero-order chi connectivity index (χ0) is 10.6. The van der Waals surface area contributed by atoms with Crippen molar-refractivity contribution in [3.05, 3.63) is 23.8 Å². The smallest absolute Gasteiger partial charge is 0.163 e. The van der Waals surface area contributed by atoms with Crippen molar-refractivity contribution in [2.24, 2.45) is 0 Å². The van der Waals surface area contributed by atoms with Crippen molar-refractivity contribution >= 4 is 5.78 Å². The first-order chi connectivity index (χ1) is 6.65. The molecule has 3 nitrogen and oxygen atoms in total. The van der Waals surface area contributed by atoms with Crippen LogP contribution >= 0.6 is 0 Å². The van der Waals surface area contributed by atoms with E-state index in [1.807, 2.05) is 6.92 Å². The van der Waals surface area contributed by atoms with Gasteiger partial charge >= 0.3 is 0 Å². The Bertz CT molecular complexity index is 331. The van der Waals surface area contributed by atoms with Crippen LogP contribution in [0.15, 0.2) is 18.2 Å². The summed E-state index contributed by atoms with van der Waals surface area (Å²) >= 11 is 0. The van der Waals surface area contributed by atoms with Crippen LogP contribution in [0, 0.1) is 0 Å². The highest BCUT2D eigenvalue weighted by molar-refractivity contribution is 5.96. The molecule has 0 saturated carbocycles. The second kappa shape index (κ2) is 4.65. The van der Waals surface area contributed by atoms with E-state index < -0.39 is 0 Å². The van der Waals surface area contributed by atoms with Crippen LogP contribution in [0.1, 0.15) is 30.6 Å². The van der Waals surface area contributed by atoms with Gasteiger partial charge in [0, 0.05) is 6.07 Å². The van der Waals surface area contributed by atoms with E-state index in [1.54, 1.807) is 12.1 Å². The van der Waals surface area contributed by atoms with Crippen molar-refractivity contribution in [3.63, 3.8) is 0 Å². The number of carbonyl (C=O) groups excluding carboxylic acids is 1. The molecule has 0 saturated heterocycles. The average molecular weight is 194 g/mol. The van der Waals surface area contributed by atoms with Crippen LogP contribution in [0.5, 0.6) is 11.5 Å². The molecule has 0 aliphatic carbocycles. The highest BCUT2D eigenvalue weighted by Crippen LogP contribution is 2.23. The highest BCUT2D eigenvalue weighted by atomic mass is 16.5. The SMILES string of the molecule is CCCOc1ccc(C(C)=O)c(O)c1. The monoisotopic (exact) mass is 194 g/mol. The fourth-order valence-corrected chi connectivity index (χ4v) is 1.12. The Morgan fingerprint density at radius 3 is 2.71 bits per heavy atom. The first kappa shape index (κ1) is 10.6. The number of rotatable bonds is 4. The standard InChI is InChI=1S/C11H14O3/c1-3-6-14-9-4-5-10(8(2)12)11(13)7-9/h4-5,7,13H,3,6H2,1-2H3. The van der Waals surface area contributed by atoms with Crippen molar-refractivity contribution < 1.29 is 14.6 Å². The largest absolute Gasteiger partial charge is 0.507 e. The second-order valence-electron chi connectivity index (χ2n) is 3.08. The zero-order valence-electron chi connectivity index (χ0n) is 8.41. The summed E-state index contributed by atoms with van der Waals surface area (Å²) in [5, 5.41) is 9.46. The van der Waals surface area contributed by atoms with Crippen molar-refractivity contribution in [1.82, 2.24) is 0 Å². The Morgan fingerprint density at radius 1 is 1.50 bits per heavy atom. The van der Waals surface area contributed by atoms with Crippen LogP contribution in [0.25, 0.3) is 0 Å². The Morgan fingerprint density at radius 2 is 2.21 bits per heavy atom. The molecule has 0 aliphatic heterocycles. The first-order valence-electron chi connectivity index (χ1n) is 4.62. The predicted octanol–water partition coefficient (Wildman–Crippen LogP) is 2.38. The number of ether oxygens (including phenoxy) is 1. The molecular weight excluding hydrogens is 180 g/mol. The van der Waals surface area contributed by atoms with Crippen LogP contribution in [0.2, 0.25) is 0 Å². The van der Waals surface area contributed by atoms with Crippen molar-refractivity contribution in [2.75, 3.05) is 6.61 Å². The molecule has 0 heterocycles. The molecule has 0 aliphatic rings. The minimum absolute atomic E-state index is 0.0221. The molecule has 0 bridgehead atoms. The summed E-state index contributed by atoms with van der Waals surface area (Å²) in [4.78, 5) is 11.0. The molecule has 1 aromatic rings. The number of ketones is 1. The van der Waals surface area contributed by atoms with E-state index >= 15 is 0 Å². The number of hydrogen-bond acceptors (Lipinski definition) is 3. The molecule has 0 unspecified atom stereocenters. The van der Waals surface area contributed by atoms with E-state index in [-0.39, 0.29) is 11.5 Å². The summed E-state index contributed by atoms with van der Waals surface area (Å²) in [5.74, 6) is 0.421. The molecule has 76 valence electrons. The number of Topliss-reactive ketones (excluding diaryl/α,β-unsaturated/α-hetero) is 1. The van der Waals surface area contributed by atoms with Gasteiger partial charge in [0.1, 0.15) is 11.5 Å². The quantitative estimate of drug-likeness (QED) is 0.748. The third-order valence-corrected chi connectivity index (χ3v) is 1.82. The van der Waals surface area contributed by atoms with Crippen LogP contribution in [0.4, 0.5) is 0 Å². The zero-order valence-corrected chi connectivity index (χ0v) is 8.41. The van der Waals surface area contributed by atoms with Gasteiger partial charge in [-0.05, 0) is 25.5 Å². The van der Waals surface area contributed by atoms with Gasteiger partial charge in [-0.1, -0.05) is 6.92 Å². The number of hydrogen-bond donors (Lipinski definition) is 1. The predicted molar refractivity (Wildman–Crippen MR) is 53.9 cm³/mol. The summed E-state index contributed by atoms with van der Waals surface area (Å²) < 4.78 is 5.30. The number of aromatic hydroxyl groups is 1. The molecule has 0 spiro atoms. The normalized spacial score (nSPS) is 9.86. The van der Waals surface area contributed by atoms with Gasteiger partial charge < -0.3 is 9.84 Å². The number of benzene rings is 1. The van der Waals surface area contributed by atoms with Gasteiger partial charge in [0.15, 0.2) is 5.78 Å². The fraction of sp³-hybridized carbons (Fsp3) is 0.364. The Labute approximate surface area is 83.3 Å². The number of carbonyl (C=O) groups is 1. The molecule has 0 aromatic heterocycles. The van der Waals surface area contributed by atoms with E-state index in [9.17, 15) is 9.90 Å². The topological polar surface area (TPSA) is 46.5 Å². The van der Waals surface area contributed by atoms with E-state index in [0.29, 0.717) is 17.9 Å². The third kappa shape index (κ3) is 2.49. The van der Waals surface area contributed by atoms with Gasteiger partial charge in [-0.3, -0.25) is 4.79 Å². The van der Waals surface area contributed by atoms with Crippen molar-refractivity contribution in [1.29, 1.82) is 0 Å². The van der Waals surface area contributed by atoms with Crippen LogP contribution in [0.3, 0.4) is 0 Å². The van der Waals surface area contributed by atoms with Gasteiger partial charge in [0.25, 0.3) is 0 Å². The lowest BCUT2D eigenvalue weighted by Crippen LogP contribution is -1.97. The minimum Gasteiger partial charge on any atom is -0.507 e. The fourth-order valence-electron chi connectivity index (χ4n) is 1.12. The maximum atomic E-state index is 11.0. The summed E-state index contributed by atoms with van der Waals surface area (Å²) in [6.45, 7) is 4.03. The molecule has 0 fully saturated rings. The second-order valence-corrected chi connectivity index (χ2v) is 3.08.